The van der Waals surface area contributed by atoms with Crippen molar-refractivity contribution in [2.45, 2.75) is 57.7 Å². The Balaban J connectivity index is 1.92. The van der Waals surface area contributed by atoms with Gasteiger partial charge in [-0.05, 0) is 58.7 Å². The van der Waals surface area contributed by atoms with Gasteiger partial charge in [0.2, 0.25) is 11.6 Å². The third-order valence-corrected chi connectivity index (χ3v) is 5.10. The second-order valence-electron chi connectivity index (χ2n) is 8.60. The lowest BCUT2D eigenvalue weighted by molar-refractivity contribution is -0.383. The van der Waals surface area contributed by atoms with Gasteiger partial charge in [0, 0.05) is 32.9 Å². The Kier molecular flexibility index (Phi) is 5.89. The predicted octanol–water partition coefficient (Wildman–Crippen LogP) is 5.16. The van der Waals surface area contributed by atoms with Crippen molar-refractivity contribution in [1.29, 1.82) is 0 Å². The summed E-state index contributed by atoms with van der Waals surface area (Å²) in [6, 6.07) is 4.83. The van der Waals surface area contributed by atoms with Crippen LogP contribution in [0.3, 0.4) is 0 Å². The Hall–Kier alpha value is -2.16. The van der Waals surface area contributed by atoms with Gasteiger partial charge in [0.15, 0.2) is 0 Å². The van der Waals surface area contributed by atoms with E-state index in [0.29, 0.717) is 15.7 Å². The van der Waals surface area contributed by atoms with Crippen LogP contribution in [0.4, 0.5) is 23.0 Å². The van der Waals surface area contributed by atoms with Crippen LogP contribution in [-0.4, -0.2) is 32.0 Å². The zero-order chi connectivity index (χ0) is 21.4. The minimum Gasteiger partial charge on any atom is -0.361 e. The molecule has 0 saturated carbocycles. The van der Waals surface area contributed by atoms with Crippen LogP contribution in [0.5, 0.6) is 0 Å². The van der Waals surface area contributed by atoms with Crippen molar-refractivity contribution in [2.24, 2.45) is 0 Å². The fraction of sp³-hybridized carbons (Fsp3) is 0.474. The van der Waals surface area contributed by atoms with Gasteiger partial charge in [0.05, 0.1) is 4.92 Å². The van der Waals surface area contributed by atoms with Crippen molar-refractivity contribution in [3.63, 3.8) is 0 Å². The normalized spacial score (nSPS) is 18.3. The van der Waals surface area contributed by atoms with Gasteiger partial charge in [-0.15, -0.1) is 0 Å². The molecule has 1 aromatic heterocycles. The average Bonchev–Trinajstić information content (AvgIpc) is 2.50. The highest BCUT2D eigenvalue weighted by Gasteiger charge is 2.38. The van der Waals surface area contributed by atoms with E-state index in [0.717, 1.165) is 12.8 Å². The smallest absolute Gasteiger partial charge is 0.353 e. The van der Waals surface area contributed by atoms with Crippen LogP contribution < -0.4 is 16.0 Å². The molecule has 0 unspecified atom stereocenters. The third-order valence-electron chi connectivity index (χ3n) is 4.66. The maximum Gasteiger partial charge on any atom is 0.353 e. The highest BCUT2D eigenvalue weighted by atomic mass is 35.5. The zero-order valence-electron chi connectivity index (χ0n) is 16.7. The molecule has 1 aliphatic rings. The summed E-state index contributed by atoms with van der Waals surface area (Å²) < 4.78 is 0. The van der Waals surface area contributed by atoms with E-state index < -0.39 is 4.92 Å². The van der Waals surface area contributed by atoms with E-state index in [1.807, 2.05) is 0 Å². The van der Waals surface area contributed by atoms with Crippen LogP contribution in [-0.2, 0) is 0 Å². The third kappa shape index (κ3) is 5.46. The molecular formula is C19H24Cl2N6O2. The van der Waals surface area contributed by atoms with Gasteiger partial charge >= 0.3 is 5.69 Å². The predicted molar refractivity (Wildman–Crippen MR) is 116 cm³/mol. The number of rotatable bonds is 5. The number of nitrogens with one attached hydrogen (secondary N) is 3. The molecular weight excluding hydrogens is 415 g/mol. The van der Waals surface area contributed by atoms with E-state index in [4.69, 9.17) is 23.2 Å². The molecule has 0 atom stereocenters. The number of halogens is 2. The Morgan fingerprint density at radius 1 is 1.07 bits per heavy atom. The van der Waals surface area contributed by atoms with E-state index in [2.05, 4.69) is 53.6 Å². The van der Waals surface area contributed by atoms with E-state index in [9.17, 15) is 10.1 Å². The number of hydrogen-bond donors (Lipinski definition) is 3. The topological polar surface area (TPSA) is 105 Å². The standard InChI is InChI=1S/C19H24Cl2N6O2/c1-18(2)8-14(9-19(3,4)26-18)25-17-15(27(28)29)16(22-10-23-17)24-13-6-11(20)5-12(21)7-13/h5-7,10,14,26H,8-9H2,1-4H3,(H2,22,23,24,25). The lowest BCUT2D eigenvalue weighted by Gasteiger charge is -2.46. The van der Waals surface area contributed by atoms with E-state index in [1.54, 1.807) is 18.2 Å². The molecule has 10 heteroatoms. The Morgan fingerprint density at radius 2 is 1.62 bits per heavy atom. The van der Waals surface area contributed by atoms with E-state index >= 15 is 0 Å². The summed E-state index contributed by atoms with van der Waals surface area (Å²) in [7, 11) is 0. The van der Waals surface area contributed by atoms with Crippen molar-refractivity contribution >= 4 is 46.2 Å². The van der Waals surface area contributed by atoms with Gasteiger partial charge in [-0.2, -0.15) is 0 Å². The molecule has 2 heterocycles. The van der Waals surface area contributed by atoms with Crippen LogP contribution in [0.2, 0.25) is 10.0 Å². The van der Waals surface area contributed by atoms with Gasteiger partial charge in [-0.3, -0.25) is 10.1 Å². The minimum atomic E-state index is -0.492. The first-order valence-electron chi connectivity index (χ1n) is 9.22. The Labute approximate surface area is 179 Å². The number of nitrogens with zero attached hydrogens (tertiary/aromatic N) is 3. The van der Waals surface area contributed by atoms with Gasteiger partial charge in [0.25, 0.3) is 0 Å². The van der Waals surface area contributed by atoms with E-state index in [1.165, 1.54) is 6.33 Å². The molecule has 3 N–H and O–H groups in total. The molecule has 1 aliphatic heterocycles. The summed E-state index contributed by atoms with van der Waals surface area (Å²) in [5.41, 5.74) is 0.0526. The molecule has 0 aliphatic carbocycles. The van der Waals surface area contributed by atoms with Crippen molar-refractivity contribution in [1.82, 2.24) is 15.3 Å². The number of benzene rings is 1. The number of nitro groups is 1. The first-order valence-corrected chi connectivity index (χ1v) is 9.98. The maximum absolute atomic E-state index is 11.8. The second-order valence-corrected chi connectivity index (χ2v) is 9.47. The molecule has 156 valence electrons. The summed E-state index contributed by atoms with van der Waals surface area (Å²) in [6.45, 7) is 8.47. The van der Waals surface area contributed by atoms with Crippen molar-refractivity contribution in [2.75, 3.05) is 10.6 Å². The molecule has 1 aromatic carbocycles. The Bertz CT molecular complexity index is 899. The number of hydrogen-bond acceptors (Lipinski definition) is 7. The Morgan fingerprint density at radius 3 is 2.17 bits per heavy atom. The molecule has 0 bridgehead atoms. The molecule has 29 heavy (non-hydrogen) atoms. The lowest BCUT2D eigenvalue weighted by atomic mass is 9.79. The summed E-state index contributed by atoms with van der Waals surface area (Å²) in [4.78, 5) is 19.6. The highest BCUT2D eigenvalue weighted by molar-refractivity contribution is 6.35. The quantitative estimate of drug-likeness (QED) is 0.437. The molecule has 0 amide bonds. The van der Waals surface area contributed by atoms with Gasteiger partial charge in [-0.25, -0.2) is 9.97 Å². The van der Waals surface area contributed by atoms with Gasteiger partial charge in [0.1, 0.15) is 6.33 Å². The molecule has 8 nitrogen and oxygen atoms in total. The highest BCUT2D eigenvalue weighted by Crippen LogP contribution is 2.36. The fourth-order valence-corrected chi connectivity index (χ4v) is 4.66. The summed E-state index contributed by atoms with van der Waals surface area (Å²) in [6.07, 6.45) is 2.88. The van der Waals surface area contributed by atoms with Crippen molar-refractivity contribution < 1.29 is 4.92 Å². The van der Waals surface area contributed by atoms with Crippen LogP contribution >= 0.6 is 23.2 Å². The van der Waals surface area contributed by atoms with Gasteiger partial charge in [-0.1, -0.05) is 23.2 Å². The monoisotopic (exact) mass is 438 g/mol. The van der Waals surface area contributed by atoms with Crippen molar-refractivity contribution in [3.05, 3.63) is 44.7 Å². The van der Waals surface area contributed by atoms with Crippen LogP contribution in [0.25, 0.3) is 0 Å². The lowest BCUT2D eigenvalue weighted by Crippen LogP contribution is -2.60. The number of aromatic nitrogens is 2. The SMILES string of the molecule is CC1(C)CC(Nc2ncnc(Nc3cc(Cl)cc(Cl)c3)c2[N+](=O)[O-])CC(C)(C)N1. The molecule has 3 rings (SSSR count). The molecule has 1 fully saturated rings. The van der Waals surface area contributed by atoms with Crippen LogP contribution in [0, 0.1) is 10.1 Å². The van der Waals surface area contributed by atoms with Crippen LogP contribution in [0.1, 0.15) is 40.5 Å². The molecule has 2 aromatic rings. The molecule has 0 spiro atoms. The molecule has 0 radical (unpaired) electrons. The minimum absolute atomic E-state index is 0.0170. The number of piperidine rings is 1. The van der Waals surface area contributed by atoms with Gasteiger partial charge < -0.3 is 16.0 Å². The first kappa shape index (κ1) is 21.5. The molecule has 1 saturated heterocycles. The summed E-state index contributed by atoms with van der Waals surface area (Å²) in [5, 5.41) is 22.5. The maximum atomic E-state index is 11.8. The summed E-state index contributed by atoms with van der Waals surface area (Å²) >= 11 is 12.0. The largest absolute Gasteiger partial charge is 0.361 e. The first-order chi connectivity index (χ1) is 13.4. The second kappa shape index (κ2) is 7.93. The summed E-state index contributed by atoms with van der Waals surface area (Å²) in [5.74, 6) is 0.248. The van der Waals surface area contributed by atoms with E-state index in [-0.39, 0.29) is 34.4 Å². The fourth-order valence-electron chi connectivity index (χ4n) is 4.13. The van der Waals surface area contributed by atoms with Crippen LogP contribution in [0.15, 0.2) is 24.5 Å². The van der Waals surface area contributed by atoms with Crippen molar-refractivity contribution in [3.8, 4) is 0 Å². The zero-order valence-corrected chi connectivity index (χ0v) is 18.2. The average molecular weight is 439 g/mol. The number of anilines is 3.